The van der Waals surface area contributed by atoms with E-state index in [0.717, 1.165) is 24.9 Å². The number of hydrogen-bond donors (Lipinski definition) is 1. The molecule has 0 aliphatic carbocycles. The number of imide groups is 1. The second kappa shape index (κ2) is 9.58. The molecule has 1 N–H and O–H groups in total. The lowest BCUT2D eigenvalue weighted by Crippen LogP contribution is -2.61. The molecule has 3 heterocycles. The Morgan fingerprint density at radius 1 is 1.21 bits per heavy atom. The van der Waals surface area contributed by atoms with E-state index in [-0.39, 0.29) is 60.2 Å². The first kappa shape index (κ1) is 25.4. The maximum absolute atomic E-state index is 13.8. The minimum Gasteiger partial charge on any atom is -0.349 e. The number of nitrogens with zero attached hydrogens (tertiary/aromatic N) is 3. The Morgan fingerprint density at radius 2 is 1.85 bits per heavy atom. The van der Waals surface area contributed by atoms with E-state index in [0.29, 0.717) is 19.3 Å². The molecular weight excluding hydrogens is 447 g/mol. The number of fused-ring (bicyclic) bond motifs is 2. The number of amides is 4. The predicted molar refractivity (Wildman–Crippen MR) is 125 cm³/mol. The summed E-state index contributed by atoms with van der Waals surface area (Å²) in [5, 5.41) is 2.96. The fraction of sp³-hybridized carbons (Fsp3) is 0.625. The Bertz CT molecular complexity index is 913. The van der Waals surface area contributed by atoms with Crippen molar-refractivity contribution in [3.8, 4) is 0 Å². The lowest BCUT2D eigenvalue weighted by molar-refractivity contribution is -0.137. The number of piperidine rings is 1. The number of carbonyl (C=O) groups is 3. The van der Waals surface area contributed by atoms with Gasteiger partial charge in [-0.05, 0) is 63.6 Å². The molecule has 1 aromatic rings. The molecule has 33 heavy (non-hydrogen) atoms. The van der Waals surface area contributed by atoms with Crippen LogP contribution >= 0.6 is 12.4 Å². The van der Waals surface area contributed by atoms with Crippen molar-refractivity contribution >= 4 is 30.3 Å². The summed E-state index contributed by atoms with van der Waals surface area (Å²) in [4.78, 5) is 43.3. The molecule has 0 radical (unpaired) electrons. The number of urea groups is 1. The number of likely N-dealkylation sites (N-methyl/N-ethyl adjacent to an activating group) is 1. The summed E-state index contributed by atoms with van der Waals surface area (Å²) in [6.07, 6.45) is 3.93. The minimum absolute atomic E-state index is 0. The van der Waals surface area contributed by atoms with Gasteiger partial charge in [0, 0.05) is 38.6 Å². The van der Waals surface area contributed by atoms with Crippen molar-refractivity contribution in [3.63, 3.8) is 0 Å². The molecule has 3 saturated heterocycles. The maximum Gasteiger partial charge on any atom is 0.327 e. The molecule has 1 aromatic carbocycles. The van der Waals surface area contributed by atoms with Crippen LogP contribution in [0.2, 0.25) is 0 Å². The van der Waals surface area contributed by atoms with E-state index in [9.17, 15) is 18.8 Å². The lowest BCUT2D eigenvalue weighted by atomic mass is 9.80. The zero-order chi connectivity index (χ0) is 23.2. The highest BCUT2D eigenvalue weighted by atomic mass is 35.5. The van der Waals surface area contributed by atoms with E-state index >= 15 is 0 Å². The molecule has 9 heteroatoms. The van der Waals surface area contributed by atoms with Gasteiger partial charge in [0.15, 0.2) is 0 Å². The molecule has 0 saturated carbocycles. The van der Waals surface area contributed by atoms with Gasteiger partial charge in [-0.3, -0.25) is 19.4 Å². The van der Waals surface area contributed by atoms with Crippen molar-refractivity contribution in [3.05, 3.63) is 35.6 Å². The van der Waals surface area contributed by atoms with Gasteiger partial charge in [0.2, 0.25) is 5.91 Å². The molecule has 7 nitrogen and oxygen atoms in total. The molecular formula is C24H34ClFN4O3. The van der Waals surface area contributed by atoms with Gasteiger partial charge in [0.05, 0.1) is 6.04 Å². The van der Waals surface area contributed by atoms with Crippen molar-refractivity contribution in [1.29, 1.82) is 0 Å². The molecule has 182 valence electrons. The van der Waals surface area contributed by atoms with Crippen molar-refractivity contribution in [2.24, 2.45) is 0 Å². The fourth-order valence-electron chi connectivity index (χ4n) is 6.18. The largest absolute Gasteiger partial charge is 0.349 e. The number of benzene rings is 1. The van der Waals surface area contributed by atoms with Crippen LogP contribution in [0.1, 0.15) is 64.5 Å². The summed E-state index contributed by atoms with van der Waals surface area (Å²) >= 11 is 0. The number of carbonyl (C=O) groups excluding carboxylic acids is 3. The maximum atomic E-state index is 13.8. The van der Waals surface area contributed by atoms with Crippen LogP contribution in [0, 0.1) is 5.82 Å². The van der Waals surface area contributed by atoms with Crippen molar-refractivity contribution in [2.45, 2.75) is 82.6 Å². The van der Waals surface area contributed by atoms with Crippen molar-refractivity contribution < 1.29 is 18.8 Å². The van der Waals surface area contributed by atoms with Crippen LogP contribution in [0.5, 0.6) is 0 Å². The second-order valence-corrected chi connectivity index (χ2v) is 9.77. The Kier molecular flexibility index (Phi) is 7.39. The van der Waals surface area contributed by atoms with Crippen LogP contribution < -0.4 is 5.32 Å². The molecule has 2 bridgehead atoms. The first-order chi connectivity index (χ1) is 15.1. The smallest absolute Gasteiger partial charge is 0.327 e. The van der Waals surface area contributed by atoms with Gasteiger partial charge < -0.3 is 10.2 Å². The summed E-state index contributed by atoms with van der Waals surface area (Å²) in [7, 11) is 1.58. The third kappa shape index (κ3) is 4.47. The monoisotopic (exact) mass is 480 g/mol. The third-order valence-electron chi connectivity index (χ3n) is 7.40. The Labute approximate surface area is 201 Å². The normalized spacial score (nSPS) is 27.9. The molecule has 3 aliphatic rings. The Morgan fingerprint density at radius 3 is 2.39 bits per heavy atom. The summed E-state index contributed by atoms with van der Waals surface area (Å²) in [6, 6.07) is 6.28. The minimum atomic E-state index is -0.748. The Hall–Kier alpha value is -2.19. The van der Waals surface area contributed by atoms with Gasteiger partial charge in [0.25, 0.3) is 5.91 Å². The van der Waals surface area contributed by atoms with E-state index in [1.165, 1.54) is 24.0 Å². The number of nitrogens with one attached hydrogen (secondary N) is 1. The average molecular weight is 481 g/mol. The van der Waals surface area contributed by atoms with Gasteiger partial charge >= 0.3 is 6.03 Å². The van der Waals surface area contributed by atoms with E-state index in [4.69, 9.17) is 0 Å². The standard InChI is InChI=1S/C24H33FN4O3.ClH/c1-15(2)29-23(32)27(4)22(31)24(29)13-19-8-9-20(14-24)28(19)11-10-21(26-16(3)30)17-6-5-7-18(25)12-17;/h5-7,12,15,19-21H,8-11,13-14H2,1-4H3,(H,26,30);1H/t19?,20?,21-,24?;/m0./s1. The highest BCUT2D eigenvalue weighted by molar-refractivity contribution is 6.07. The lowest BCUT2D eigenvalue weighted by Gasteiger charge is -2.48. The zero-order valence-corrected chi connectivity index (χ0v) is 20.5. The molecule has 1 spiro atoms. The average Bonchev–Trinajstić information content (AvgIpc) is 3.07. The quantitative estimate of drug-likeness (QED) is 0.633. The summed E-state index contributed by atoms with van der Waals surface area (Å²) in [5.41, 5.74) is 0.00673. The van der Waals surface area contributed by atoms with Crippen molar-refractivity contribution in [1.82, 2.24) is 20.0 Å². The molecule has 4 rings (SSSR count). The number of rotatable bonds is 6. The summed E-state index contributed by atoms with van der Waals surface area (Å²) in [6.45, 7) is 6.15. The molecule has 0 aromatic heterocycles. The highest BCUT2D eigenvalue weighted by Crippen LogP contribution is 2.48. The van der Waals surface area contributed by atoms with Gasteiger partial charge in [-0.1, -0.05) is 12.1 Å². The Balaban J connectivity index is 0.00000306. The molecule has 3 aliphatic heterocycles. The van der Waals surface area contributed by atoms with Gasteiger partial charge in [-0.25, -0.2) is 9.18 Å². The second-order valence-electron chi connectivity index (χ2n) is 9.77. The number of hydrogen-bond acceptors (Lipinski definition) is 4. The first-order valence-corrected chi connectivity index (χ1v) is 11.5. The molecule has 3 fully saturated rings. The topological polar surface area (TPSA) is 73.0 Å². The van der Waals surface area contributed by atoms with Gasteiger partial charge in [-0.2, -0.15) is 0 Å². The fourth-order valence-corrected chi connectivity index (χ4v) is 6.18. The SMILES string of the molecule is CC(=O)N[C@@H](CCN1C2CCC1CC1(C2)C(=O)N(C)C(=O)N1C(C)C)c1cccc(F)c1.Cl. The summed E-state index contributed by atoms with van der Waals surface area (Å²) in [5.74, 6) is -0.547. The number of halogens is 2. The van der Waals surface area contributed by atoms with E-state index in [1.807, 2.05) is 19.9 Å². The van der Waals surface area contributed by atoms with Gasteiger partial charge in [-0.15, -0.1) is 12.4 Å². The third-order valence-corrected chi connectivity index (χ3v) is 7.40. The van der Waals surface area contributed by atoms with Crippen LogP contribution in [0.4, 0.5) is 9.18 Å². The van der Waals surface area contributed by atoms with E-state index < -0.39 is 5.54 Å². The van der Waals surface area contributed by atoms with Crippen LogP contribution in [-0.2, 0) is 9.59 Å². The predicted octanol–water partition coefficient (Wildman–Crippen LogP) is 3.48. The first-order valence-electron chi connectivity index (χ1n) is 11.5. The molecule has 2 unspecified atom stereocenters. The molecule has 3 atom stereocenters. The van der Waals surface area contributed by atoms with Crippen LogP contribution in [-0.4, -0.2) is 69.8 Å². The summed E-state index contributed by atoms with van der Waals surface area (Å²) < 4.78 is 13.8. The molecule has 4 amide bonds. The van der Waals surface area contributed by atoms with Gasteiger partial charge in [0.1, 0.15) is 11.4 Å². The van der Waals surface area contributed by atoms with Crippen molar-refractivity contribution in [2.75, 3.05) is 13.6 Å². The highest BCUT2D eigenvalue weighted by Gasteiger charge is 2.62. The van der Waals surface area contributed by atoms with Crippen LogP contribution in [0.3, 0.4) is 0 Å². The van der Waals surface area contributed by atoms with E-state index in [1.54, 1.807) is 18.0 Å². The zero-order valence-electron chi connectivity index (χ0n) is 19.7. The van der Waals surface area contributed by atoms with Crippen LogP contribution in [0.15, 0.2) is 24.3 Å². The van der Waals surface area contributed by atoms with Crippen LogP contribution in [0.25, 0.3) is 0 Å². The van der Waals surface area contributed by atoms with E-state index in [2.05, 4.69) is 10.2 Å².